The Bertz CT molecular complexity index is 1630. The maximum Gasteiger partial charge on any atom is 0.262 e. The van der Waals surface area contributed by atoms with Crippen LogP contribution in [-0.4, -0.2) is 43.0 Å². The molecule has 1 aliphatic heterocycles. The van der Waals surface area contributed by atoms with Crippen LogP contribution in [0.15, 0.2) is 64.5 Å². The number of methoxy groups -OCH3 is 2. The molecule has 0 atom stereocenters. The van der Waals surface area contributed by atoms with E-state index in [9.17, 15) is 9.59 Å². The minimum absolute atomic E-state index is 0.0825. The third-order valence-corrected chi connectivity index (χ3v) is 8.09. The second-order valence-corrected chi connectivity index (χ2v) is 10.7. The monoisotopic (exact) mass is 595 g/mol. The predicted molar refractivity (Wildman–Crippen MR) is 159 cm³/mol. The number of ether oxygens (including phenoxy) is 4. The molecular formula is C30H30ClN3O6S. The Morgan fingerprint density at radius 1 is 1.07 bits per heavy atom. The number of halogens is 1. The molecule has 5 rings (SSSR count). The minimum Gasteiger partial charge on any atom is -0.493 e. The summed E-state index contributed by atoms with van der Waals surface area (Å²) in [5.74, 6) is 2.85. The highest BCUT2D eigenvalue weighted by atomic mass is 35.5. The molecule has 1 amide bonds. The maximum absolute atomic E-state index is 13.6. The van der Waals surface area contributed by atoms with E-state index in [1.807, 2.05) is 42.5 Å². The van der Waals surface area contributed by atoms with E-state index in [0.29, 0.717) is 75.8 Å². The van der Waals surface area contributed by atoms with Gasteiger partial charge in [-0.3, -0.25) is 14.2 Å². The fourth-order valence-electron chi connectivity index (χ4n) is 4.52. The quantitative estimate of drug-likeness (QED) is 0.176. The minimum atomic E-state index is -0.191. The molecule has 1 aliphatic rings. The third kappa shape index (κ3) is 6.71. The predicted octanol–water partition coefficient (Wildman–Crippen LogP) is 5.23. The van der Waals surface area contributed by atoms with E-state index < -0.39 is 0 Å². The van der Waals surface area contributed by atoms with Gasteiger partial charge in [0.15, 0.2) is 28.2 Å². The van der Waals surface area contributed by atoms with Crippen molar-refractivity contribution in [3.05, 3.63) is 81.1 Å². The maximum atomic E-state index is 13.6. The Morgan fingerprint density at radius 2 is 1.85 bits per heavy atom. The smallest absolute Gasteiger partial charge is 0.262 e. The van der Waals surface area contributed by atoms with Crippen LogP contribution in [-0.2, 0) is 23.5 Å². The molecule has 0 radical (unpaired) electrons. The first-order chi connectivity index (χ1) is 20.0. The summed E-state index contributed by atoms with van der Waals surface area (Å²) in [5.41, 5.74) is 2.31. The Labute approximate surface area is 246 Å². The number of hydrogen-bond donors (Lipinski definition) is 1. The van der Waals surface area contributed by atoms with Crippen LogP contribution in [0.25, 0.3) is 10.9 Å². The van der Waals surface area contributed by atoms with Gasteiger partial charge in [-0.05, 0) is 48.2 Å². The van der Waals surface area contributed by atoms with E-state index in [1.165, 1.54) is 11.8 Å². The Hall–Kier alpha value is -3.89. The molecule has 3 aromatic carbocycles. The molecule has 0 unspecified atom stereocenters. The van der Waals surface area contributed by atoms with Gasteiger partial charge < -0.3 is 24.3 Å². The summed E-state index contributed by atoms with van der Waals surface area (Å²) < 4.78 is 23.2. The number of thioether (sulfide) groups is 1. The molecule has 0 fully saturated rings. The molecule has 0 spiro atoms. The second-order valence-electron chi connectivity index (χ2n) is 9.35. The van der Waals surface area contributed by atoms with Gasteiger partial charge in [0.25, 0.3) is 5.56 Å². The molecule has 1 aromatic heterocycles. The summed E-state index contributed by atoms with van der Waals surface area (Å²) in [4.78, 5) is 31.0. The molecule has 11 heteroatoms. The number of fused-ring (bicyclic) bond motifs is 2. The summed E-state index contributed by atoms with van der Waals surface area (Å²) in [6.45, 7) is 0.928. The Balaban J connectivity index is 1.25. The van der Waals surface area contributed by atoms with Crippen molar-refractivity contribution in [1.82, 2.24) is 14.9 Å². The zero-order valence-corrected chi connectivity index (χ0v) is 24.3. The first-order valence-electron chi connectivity index (χ1n) is 13.1. The highest BCUT2D eigenvalue weighted by Gasteiger charge is 2.19. The number of amides is 1. The lowest BCUT2D eigenvalue weighted by Gasteiger charge is -2.14. The first-order valence-corrected chi connectivity index (χ1v) is 14.5. The third-order valence-electron chi connectivity index (χ3n) is 6.70. The van der Waals surface area contributed by atoms with Gasteiger partial charge in [-0.2, -0.15) is 0 Å². The molecule has 9 nitrogen and oxygen atoms in total. The lowest BCUT2D eigenvalue weighted by atomic mass is 10.1. The van der Waals surface area contributed by atoms with Gasteiger partial charge in [-0.15, -0.1) is 0 Å². The van der Waals surface area contributed by atoms with Gasteiger partial charge in [0, 0.05) is 36.4 Å². The van der Waals surface area contributed by atoms with Crippen LogP contribution in [0.2, 0.25) is 5.02 Å². The van der Waals surface area contributed by atoms with Crippen LogP contribution in [0.4, 0.5) is 0 Å². The van der Waals surface area contributed by atoms with Crippen molar-refractivity contribution in [2.45, 2.75) is 36.7 Å². The molecule has 0 saturated heterocycles. The van der Waals surface area contributed by atoms with Crippen molar-refractivity contribution in [3.8, 4) is 23.0 Å². The Kier molecular flexibility index (Phi) is 9.21. The van der Waals surface area contributed by atoms with Crippen LogP contribution in [0.5, 0.6) is 23.0 Å². The summed E-state index contributed by atoms with van der Waals surface area (Å²) >= 11 is 7.79. The number of aromatic nitrogens is 2. The van der Waals surface area contributed by atoms with Gasteiger partial charge >= 0.3 is 0 Å². The van der Waals surface area contributed by atoms with Crippen molar-refractivity contribution in [3.63, 3.8) is 0 Å². The lowest BCUT2D eigenvalue weighted by Crippen LogP contribution is -2.27. The molecule has 0 saturated carbocycles. The second kappa shape index (κ2) is 13.2. The van der Waals surface area contributed by atoms with Crippen LogP contribution in [0, 0.1) is 0 Å². The molecule has 4 aromatic rings. The number of carbonyl (C=O) groups is 1. The number of rotatable bonds is 12. The lowest BCUT2D eigenvalue weighted by molar-refractivity contribution is -0.121. The van der Waals surface area contributed by atoms with Crippen molar-refractivity contribution >= 4 is 40.2 Å². The van der Waals surface area contributed by atoms with Crippen LogP contribution >= 0.6 is 23.4 Å². The zero-order chi connectivity index (χ0) is 28.8. The van der Waals surface area contributed by atoms with Crippen LogP contribution < -0.4 is 29.8 Å². The summed E-state index contributed by atoms with van der Waals surface area (Å²) in [6.07, 6.45) is 1.39. The number of carbonyl (C=O) groups excluding carboxylic acids is 1. The normalized spacial score (nSPS) is 12.0. The molecule has 2 heterocycles. The van der Waals surface area contributed by atoms with Gasteiger partial charge in [-0.1, -0.05) is 47.6 Å². The standard InChI is InChI=1S/C30H30ClN3O6S/c1-37-24-10-9-19(14-25(24)38-2)11-12-32-28(35)8-5-13-34-29(36)21-15-26-27(40-18-39-26)16-23(21)33-30(34)41-17-20-6-3-4-7-22(20)31/h3-4,6-7,9-10,14-16H,5,8,11-13,17-18H2,1-2H3,(H,32,35). The zero-order valence-electron chi connectivity index (χ0n) is 22.8. The van der Waals surface area contributed by atoms with Gasteiger partial charge in [0.1, 0.15) is 0 Å². The van der Waals surface area contributed by atoms with Crippen molar-refractivity contribution in [2.75, 3.05) is 27.6 Å². The fourth-order valence-corrected chi connectivity index (χ4v) is 5.84. The summed E-state index contributed by atoms with van der Waals surface area (Å²) in [6, 6.07) is 16.7. The summed E-state index contributed by atoms with van der Waals surface area (Å²) in [5, 5.41) is 4.61. The van der Waals surface area contributed by atoms with Crippen LogP contribution in [0.1, 0.15) is 24.0 Å². The number of hydrogen-bond acceptors (Lipinski definition) is 8. The fraction of sp³-hybridized carbons (Fsp3) is 0.300. The number of nitrogens with one attached hydrogen (secondary N) is 1. The van der Waals surface area contributed by atoms with Gasteiger partial charge in [0.05, 0.1) is 25.1 Å². The SMILES string of the molecule is COc1ccc(CCNC(=O)CCCn2c(SCc3ccccc3Cl)nc3cc4c(cc3c2=O)OCO4)cc1OC. The first kappa shape index (κ1) is 28.6. The average Bonchev–Trinajstić information content (AvgIpc) is 3.44. The average molecular weight is 596 g/mol. The summed E-state index contributed by atoms with van der Waals surface area (Å²) in [7, 11) is 3.19. The molecular weight excluding hydrogens is 566 g/mol. The van der Waals surface area contributed by atoms with Crippen molar-refractivity contribution < 1.29 is 23.7 Å². The molecule has 0 aliphatic carbocycles. The molecule has 1 N–H and O–H groups in total. The van der Waals surface area contributed by atoms with E-state index in [-0.39, 0.29) is 24.7 Å². The van der Waals surface area contributed by atoms with E-state index >= 15 is 0 Å². The number of nitrogens with zero attached hydrogens (tertiary/aromatic N) is 2. The molecule has 214 valence electrons. The van der Waals surface area contributed by atoms with Gasteiger partial charge in [0.2, 0.25) is 12.7 Å². The molecule has 41 heavy (non-hydrogen) atoms. The van der Waals surface area contributed by atoms with Crippen molar-refractivity contribution in [1.29, 1.82) is 0 Å². The molecule has 0 bridgehead atoms. The van der Waals surface area contributed by atoms with E-state index in [0.717, 1.165) is 11.1 Å². The largest absolute Gasteiger partial charge is 0.493 e. The topological polar surface area (TPSA) is 101 Å². The van der Waals surface area contributed by atoms with E-state index in [2.05, 4.69) is 5.32 Å². The van der Waals surface area contributed by atoms with Crippen LogP contribution in [0.3, 0.4) is 0 Å². The Morgan fingerprint density at radius 3 is 2.63 bits per heavy atom. The highest BCUT2D eigenvalue weighted by Crippen LogP contribution is 2.35. The highest BCUT2D eigenvalue weighted by molar-refractivity contribution is 7.98. The number of benzene rings is 3. The van der Waals surface area contributed by atoms with E-state index in [1.54, 1.807) is 30.9 Å². The van der Waals surface area contributed by atoms with Gasteiger partial charge in [-0.25, -0.2) is 4.98 Å². The van der Waals surface area contributed by atoms with E-state index in [4.69, 9.17) is 35.5 Å². The van der Waals surface area contributed by atoms with Crippen molar-refractivity contribution in [2.24, 2.45) is 0 Å².